The molecule has 0 saturated carbocycles. The van der Waals surface area contributed by atoms with Crippen LogP contribution in [0.4, 0.5) is 0 Å². The smallest absolute Gasteiger partial charge is 0.0659 e. The Bertz CT molecular complexity index is 47.6. The molecular weight excluding hydrogens is 135 g/mol. The molecule has 6 radical (unpaired) electrons. The third-order valence-corrected chi connectivity index (χ3v) is 2.28. The summed E-state index contributed by atoms with van der Waals surface area (Å²) in [5.41, 5.74) is 0. The summed E-state index contributed by atoms with van der Waals surface area (Å²) in [5, 5.41) is 0. The molecule has 0 aliphatic rings. The lowest BCUT2D eigenvalue weighted by atomic mass is 11.9. The molecule has 0 unspecified atom stereocenters. The Labute approximate surface area is 44.3 Å². The van der Waals surface area contributed by atoms with Crippen LogP contribution >= 0.6 is 18.8 Å². The molecule has 24 valence electrons. The zero-order valence-electron chi connectivity index (χ0n) is 2.33. The van der Waals surface area contributed by atoms with Gasteiger partial charge in [0.1, 0.15) is 0 Å². The first-order valence-corrected chi connectivity index (χ1v) is 3.69. The van der Waals surface area contributed by atoms with E-state index in [1.165, 1.54) is 0 Å². The molecule has 5 heavy (non-hydrogen) atoms. The van der Waals surface area contributed by atoms with Crippen molar-refractivity contribution in [2.45, 2.75) is 0 Å². The van der Waals surface area contributed by atoms with Gasteiger partial charge in [0.15, 0.2) is 0 Å². The number of rotatable bonds is 0. The first kappa shape index (κ1) is 5.89. The Hall–Kier alpha value is 0.894. The van der Waals surface area contributed by atoms with E-state index >= 15 is 0 Å². The van der Waals surface area contributed by atoms with E-state index < -0.39 is 0 Å². The summed E-state index contributed by atoms with van der Waals surface area (Å²) in [6, 6.07) is 0. The van der Waals surface area contributed by atoms with Gasteiger partial charge in [0.25, 0.3) is 0 Å². The van der Waals surface area contributed by atoms with Crippen LogP contribution in [-0.2, 0) is 0 Å². The highest BCUT2D eigenvalue weighted by molar-refractivity contribution is 7.74. The van der Waals surface area contributed by atoms with Crippen molar-refractivity contribution in [3.8, 4) is 0 Å². The van der Waals surface area contributed by atoms with E-state index in [2.05, 4.69) is 20.5 Å². The van der Waals surface area contributed by atoms with E-state index in [1.54, 1.807) is 0 Å². The molecule has 0 atom stereocenters. The highest BCUT2D eigenvalue weighted by atomic mass is 35.7. The first-order valence-electron chi connectivity index (χ1n) is 0.893. The van der Waals surface area contributed by atoms with E-state index in [4.69, 9.17) is 11.2 Å². The summed E-state index contributed by atoms with van der Waals surface area (Å²) in [4.78, 5) is 0. The number of halogens is 1. The molecule has 0 fully saturated rings. The Balaban J connectivity index is 3.14. The predicted octanol–water partition coefficient (Wildman–Crippen LogP) is 0.511. The zero-order valence-corrected chi connectivity index (χ0v) is 5.98. The van der Waals surface area contributed by atoms with Gasteiger partial charge in [0.05, 0.1) is 20.5 Å². The summed E-state index contributed by atoms with van der Waals surface area (Å²) >= 11 is 5.17. The molecule has 0 spiro atoms. The van der Waals surface area contributed by atoms with Crippen LogP contribution in [0.3, 0.4) is 0 Å². The third-order valence-electron chi connectivity index (χ3n) is 0.0845. The van der Waals surface area contributed by atoms with Crippen LogP contribution in [0.5, 0.6) is 0 Å². The van der Waals surface area contributed by atoms with Gasteiger partial charge in [-0.05, 0) is 7.56 Å². The van der Waals surface area contributed by atoms with Gasteiger partial charge in [-0.3, -0.25) is 0 Å². The van der Waals surface area contributed by atoms with E-state index in [-0.39, 0.29) is 0 Å². The summed E-state index contributed by atoms with van der Waals surface area (Å²) in [6.07, 6.45) is 0. The zero-order chi connectivity index (χ0) is 4.28. The molecule has 0 nitrogen and oxygen atoms in total. The van der Waals surface area contributed by atoms with Crippen LogP contribution in [-0.4, -0.2) is 25.0 Å². The van der Waals surface area contributed by atoms with Crippen LogP contribution in [0.15, 0.2) is 0 Å². The molecule has 0 aliphatic heterocycles. The van der Waals surface area contributed by atoms with Gasteiger partial charge in [-0.25, -0.2) is 0 Å². The quantitative estimate of drug-likeness (QED) is 0.335. The number of hydrogen-bond donors (Lipinski definition) is 0. The van der Waals surface area contributed by atoms with E-state index in [0.717, 1.165) is 4.54 Å². The lowest BCUT2D eigenvalue weighted by Gasteiger charge is -1.68. The fourth-order valence-electron chi connectivity index (χ4n) is 0. The summed E-state index contributed by atoms with van der Waals surface area (Å²) < 4.78 is 0.853. The van der Waals surface area contributed by atoms with Crippen molar-refractivity contribution >= 4 is 43.8 Å². The molecule has 0 aromatic carbocycles. The molecule has 0 aliphatic carbocycles. The Morgan fingerprint density at radius 2 is 1.80 bits per heavy atom. The van der Waals surface area contributed by atoms with Crippen LogP contribution in [0.2, 0.25) is 0 Å². The van der Waals surface area contributed by atoms with Crippen molar-refractivity contribution in [3.05, 3.63) is 0 Å². The molecule has 0 bridgehead atoms. The second kappa shape index (κ2) is 3.10. The van der Waals surface area contributed by atoms with Gasteiger partial charge in [-0.1, -0.05) is 15.8 Å². The standard InChI is InChI=1S/CClPSi2/c2-3-1(4)5. The molecule has 0 amide bonds. The van der Waals surface area contributed by atoms with Gasteiger partial charge < -0.3 is 0 Å². The second-order valence-corrected chi connectivity index (χ2v) is 3.90. The van der Waals surface area contributed by atoms with Crippen molar-refractivity contribution in [2.75, 3.05) is 0 Å². The lowest BCUT2D eigenvalue weighted by Crippen LogP contribution is -1.85. The molecule has 4 heteroatoms. The van der Waals surface area contributed by atoms with E-state index in [9.17, 15) is 0 Å². The monoisotopic (exact) mass is 134 g/mol. The predicted molar refractivity (Wildman–Crippen MR) is 29.3 cm³/mol. The maximum atomic E-state index is 5.17. The van der Waals surface area contributed by atoms with Crippen molar-refractivity contribution in [1.29, 1.82) is 0 Å². The Kier molecular flexibility index (Phi) is 3.65. The van der Waals surface area contributed by atoms with Crippen LogP contribution in [0.25, 0.3) is 0 Å². The molecule has 0 aromatic heterocycles. The van der Waals surface area contributed by atoms with Crippen molar-refractivity contribution < 1.29 is 0 Å². The largest absolute Gasteiger partial charge is 0.0680 e. The number of hydrogen-bond acceptors (Lipinski definition) is 0. The molecule has 0 heterocycles. The molecular formula is CClPSi2. The maximum absolute atomic E-state index is 5.17. The minimum Gasteiger partial charge on any atom is -0.0680 e. The first-order chi connectivity index (χ1) is 2.27. The van der Waals surface area contributed by atoms with Crippen LogP contribution in [0.1, 0.15) is 0 Å². The molecule has 0 N–H and O–H groups in total. The minimum absolute atomic E-state index is 0.713. The average Bonchev–Trinajstić information content (AvgIpc) is 1.38. The van der Waals surface area contributed by atoms with Gasteiger partial charge in [-0.2, -0.15) is 0 Å². The van der Waals surface area contributed by atoms with Gasteiger partial charge in [-0.15, -0.1) is 0 Å². The minimum atomic E-state index is 0.713. The van der Waals surface area contributed by atoms with Gasteiger partial charge in [0.2, 0.25) is 0 Å². The summed E-state index contributed by atoms with van der Waals surface area (Å²) in [5.74, 6) is 0. The van der Waals surface area contributed by atoms with E-state index in [1.807, 2.05) is 0 Å². The van der Waals surface area contributed by atoms with Gasteiger partial charge in [0, 0.05) is 0 Å². The topological polar surface area (TPSA) is 0 Å². The highest BCUT2D eigenvalue weighted by Crippen LogP contribution is 1.99. The van der Waals surface area contributed by atoms with Crippen molar-refractivity contribution in [1.82, 2.24) is 0 Å². The summed E-state index contributed by atoms with van der Waals surface area (Å²) in [7, 11) is 6.92. The SMILES string of the molecule is [Si]C([Si])=PCl. The second-order valence-electron chi connectivity index (χ2n) is 0.433. The average molecular weight is 135 g/mol. The molecule has 0 rings (SSSR count). The van der Waals surface area contributed by atoms with E-state index in [0.29, 0.717) is 7.56 Å². The maximum Gasteiger partial charge on any atom is 0.0659 e. The normalized spacial score (nSPS) is 8.60. The molecule has 0 aromatic rings. The van der Waals surface area contributed by atoms with Crippen molar-refractivity contribution in [2.24, 2.45) is 0 Å². The van der Waals surface area contributed by atoms with Crippen LogP contribution < -0.4 is 0 Å². The Morgan fingerprint density at radius 3 is 1.80 bits per heavy atom. The Morgan fingerprint density at radius 1 is 1.60 bits per heavy atom. The van der Waals surface area contributed by atoms with Crippen molar-refractivity contribution in [3.63, 3.8) is 0 Å². The van der Waals surface area contributed by atoms with Gasteiger partial charge >= 0.3 is 0 Å². The fraction of sp³-hybridized carbons (Fsp3) is 0. The summed E-state index contributed by atoms with van der Waals surface area (Å²) in [6.45, 7) is 0. The fourth-order valence-corrected chi connectivity index (χ4v) is 0. The highest BCUT2D eigenvalue weighted by Gasteiger charge is 1.66. The third kappa shape index (κ3) is 4.89. The lowest BCUT2D eigenvalue weighted by molar-refractivity contribution is 3.80. The van der Waals surface area contributed by atoms with Crippen LogP contribution in [0, 0.1) is 0 Å². The molecule has 0 saturated heterocycles.